The summed E-state index contributed by atoms with van der Waals surface area (Å²) in [7, 11) is 0. The third-order valence-electron chi connectivity index (χ3n) is 2.48. The lowest BCUT2D eigenvalue weighted by Gasteiger charge is -2.16. The van der Waals surface area contributed by atoms with E-state index in [1.165, 1.54) is 11.3 Å². The first kappa shape index (κ1) is 11.4. The van der Waals surface area contributed by atoms with Crippen molar-refractivity contribution in [3.63, 3.8) is 0 Å². The fraction of sp³-hybridized carbons (Fsp3) is 0.545. The molecule has 0 amide bonds. The van der Waals surface area contributed by atoms with Crippen molar-refractivity contribution in [2.45, 2.75) is 20.8 Å². The number of hydrogen-bond acceptors (Lipinski definition) is 3. The summed E-state index contributed by atoms with van der Waals surface area (Å²) in [6.07, 6.45) is 0. The van der Waals surface area contributed by atoms with E-state index in [1.54, 1.807) is 0 Å². The Labute approximate surface area is 89.1 Å². The molecular formula is C11H17NOS. The van der Waals surface area contributed by atoms with E-state index < -0.39 is 0 Å². The first-order chi connectivity index (χ1) is 6.57. The molecule has 1 rings (SSSR count). The van der Waals surface area contributed by atoms with Gasteiger partial charge in [-0.25, -0.2) is 0 Å². The fourth-order valence-electron chi connectivity index (χ4n) is 1.48. The van der Waals surface area contributed by atoms with Crippen LogP contribution in [0.15, 0.2) is 11.4 Å². The first-order valence-corrected chi connectivity index (χ1v) is 5.74. The van der Waals surface area contributed by atoms with Crippen molar-refractivity contribution in [2.24, 2.45) is 17.6 Å². The van der Waals surface area contributed by atoms with E-state index in [-0.39, 0.29) is 11.7 Å². The van der Waals surface area contributed by atoms with Gasteiger partial charge in [-0.3, -0.25) is 4.79 Å². The van der Waals surface area contributed by atoms with E-state index in [1.807, 2.05) is 32.2 Å². The van der Waals surface area contributed by atoms with Gasteiger partial charge in [-0.05, 0) is 29.9 Å². The second-order valence-corrected chi connectivity index (χ2v) is 4.80. The quantitative estimate of drug-likeness (QED) is 0.777. The Kier molecular flexibility index (Phi) is 3.84. The second-order valence-electron chi connectivity index (χ2n) is 3.88. The van der Waals surface area contributed by atoms with Crippen LogP contribution in [-0.2, 0) is 0 Å². The fourth-order valence-corrected chi connectivity index (χ4v) is 2.41. The number of carbonyl (C=O) groups excluding carboxylic acids is 1. The Morgan fingerprint density at radius 2 is 2.21 bits per heavy atom. The zero-order valence-corrected chi connectivity index (χ0v) is 9.73. The molecule has 2 nitrogen and oxygen atoms in total. The van der Waals surface area contributed by atoms with Gasteiger partial charge in [-0.2, -0.15) is 0 Å². The zero-order chi connectivity index (χ0) is 10.7. The van der Waals surface area contributed by atoms with Crippen molar-refractivity contribution in [3.8, 4) is 0 Å². The molecular weight excluding hydrogens is 194 g/mol. The molecule has 1 atom stereocenters. The van der Waals surface area contributed by atoms with E-state index in [0.29, 0.717) is 12.5 Å². The maximum absolute atomic E-state index is 12.0. The lowest BCUT2D eigenvalue weighted by molar-refractivity contribution is 0.0896. The molecule has 3 heteroatoms. The Morgan fingerprint density at radius 1 is 1.57 bits per heavy atom. The zero-order valence-electron chi connectivity index (χ0n) is 8.91. The van der Waals surface area contributed by atoms with E-state index in [0.717, 1.165) is 10.4 Å². The molecule has 0 spiro atoms. The van der Waals surface area contributed by atoms with Crippen LogP contribution in [0, 0.1) is 18.8 Å². The molecule has 0 fully saturated rings. The van der Waals surface area contributed by atoms with Crippen LogP contribution in [0.2, 0.25) is 0 Å². The first-order valence-electron chi connectivity index (χ1n) is 4.86. The number of nitrogens with two attached hydrogens (primary N) is 1. The highest BCUT2D eigenvalue weighted by Crippen LogP contribution is 2.23. The van der Waals surface area contributed by atoms with Gasteiger partial charge >= 0.3 is 0 Å². The number of ketones is 1. The van der Waals surface area contributed by atoms with Crippen LogP contribution < -0.4 is 5.73 Å². The van der Waals surface area contributed by atoms with Gasteiger partial charge in [0, 0.05) is 12.5 Å². The third kappa shape index (κ3) is 2.22. The molecule has 1 unspecified atom stereocenters. The SMILES string of the molecule is Cc1ccsc1C(=O)C(CN)C(C)C. The summed E-state index contributed by atoms with van der Waals surface area (Å²) in [6.45, 7) is 6.49. The Morgan fingerprint density at radius 3 is 2.57 bits per heavy atom. The van der Waals surface area contributed by atoms with E-state index in [2.05, 4.69) is 0 Å². The maximum atomic E-state index is 12.0. The Bertz CT molecular complexity index is 317. The van der Waals surface area contributed by atoms with Crippen molar-refractivity contribution in [2.75, 3.05) is 6.54 Å². The van der Waals surface area contributed by atoms with Crippen LogP contribution >= 0.6 is 11.3 Å². The van der Waals surface area contributed by atoms with E-state index in [4.69, 9.17) is 5.73 Å². The highest BCUT2D eigenvalue weighted by molar-refractivity contribution is 7.12. The third-order valence-corrected chi connectivity index (χ3v) is 3.51. The predicted octanol–water partition coefficient (Wildman–Crippen LogP) is 2.47. The summed E-state index contributed by atoms with van der Waals surface area (Å²) in [5, 5.41) is 1.95. The molecule has 0 radical (unpaired) electrons. The van der Waals surface area contributed by atoms with Crippen LogP contribution in [0.3, 0.4) is 0 Å². The van der Waals surface area contributed by atoms with Gasteiger partial charge in [0.05, 0.1) is 4.88 Å². The van der Waals surface area contributed by atoms with Gasteiger partial charge < -0.3 is 5.73 Å². The lowest BCUT2D eigenvalue weighted by Crippen LogP contribution is -2.28. The summed E-state index contributed by atoms with van der Waals surface area (Å²) < 4.78 is 0. The smallest absolute Gasteiger partial charge is 0.177 e. The summed E-state index contributed by atoms with van der Waals surface area (Å²) in [4.78, 5) is 12.9. The normalized spacial score (nSPS) is 13.2. The minimum absolute atomic E-state index is 0.0349. The number of rotatable bonds is 4. The number of thiophene rings is 1. The van der Waals surface area contributed by atoms with Crippen molar-refractivity contribution >= 4 is 17.1 Å². The molecule has 2 N–H and O–H groups in total. The molecule has 14 heavy (non-hydrogen) atoms. The molecule has 0 bridgehead atoms. The van der Waals surface area contributed by atoms with Crippen LogP contribution in [0.1, 0.15) is 29.1 Å². The molecule has 1 heterocycles. The molecule has 78 valence electrons. The molecule has 1 aromatic heterocycles. The molecule has 0 saturated heterocycles. The van der Waals surface area contributed by atoms with Crippen LogP contribution in [-0.4, -0.2) is 12.3 Å². The van der Waals surface area contributed by atoms with Crippen molar-refractivity contribution in [1.82, 2.24) is 0 Å². The average molecular weight is 211 g/mol. The number of hydrogen-bond donors (Lipinski definition) is 1. The number of Topliss-reactive ketones (excluding diaryl/α,β-unsaturated/α-hetero) is 1. The van der Waals surface area contributed by atoms with Crippen LogP contribution in [0.4, 0.5) is 0 Å². The van der Waals surface area contributed by atoms with Gasteiger partial charge in [0.15, 0.2) is 5.78 Å². The average Bonchev–Trinajstić information content (AvgIpc) is 2.51. The largest absolute Gasteiger partial charge is 0.330 e. The van der Waals surface area contributed by atoms with Gasteiger partial charge in [-0.1, -0.05) is 13.8 Å². The summed E-state index contributed by atoms with van der Waals surface area (Å²) in [6, 6.07) is 1.98. The van der Waals surface area contributed by atoms with E-state index >= 15 is 0 Å². The monoisotopic (exact) mass is 211 g/mol. The summed E-state index contributed by atoms with van der Waals surface area (Å²) >= 11 is 1.51. The number of carbonyl (C=O) groups is 1. The summed E-state index contributed by atoms with van der Waals surface area (Å²) in [5.41, 5.74) is 6.68. The standard InChI is InChI=1S/C11H17NOS/c1-7(2)9(6-12)10(13)11-8(3)4-5-14-11/h4-5,7,9H,6,12H2,1-3H3. The highest BCUT2D eigenvalue weighted by Gasteiger charge is 2.23. The van der Waals surface area contributed by atoms with Gasteiger partial charge in [0.25, 0.3) is 0 Å². The van der Waals surface area contributed by atoms with Crippen molar-refractivity contribution in [1.29, 1.82) is 0 Å². The molecule has 0 saturated carbocycles. The topological polar surface area (TPSA) is 43.1 Å². The summed E-state index contributed by atoms with van der Waals surface area (Å²) in [5.74, 6) is 0.483. The Balaban J connectivity index is 2.89. The molecule has 0 aromatic carbocycles. The van der Waals surface area contributed by atoms with Gasteiger partial charge in [-0.15, -0.1) is 11.3 Å². The predicted molar refractivity (Wildman–Crippen MR) is 60.8 cm³/mol. The van der Waals surface area contributed by atoms with Crippen molar-refractivity contribution in [3.05, 3.63) is 21.9 Å². The van der Waals surface area contributed by atoms with Gasteiger partial charge in [0.1, 0.15) is 0 Å². The highest BCUT2D eigenvalue weighted by atomic mass is 32.1. The Hall–Kier alpha value is -0.670. The molecule has 0 aliphatic carbocycles. The lowest BCUT2D eigenvalue weighted by atomic mass is 9.90. The molecule has 0 aliphatic rings. The molecule has 1 aromatic rings. The minimum atomic E-state index is -0.0349. The molecule has 0 aliphatic heterocycles. The second kappa shape index (κ2) is 4.71. The van der Waals surface area contributed by atoms with Crippen LogP contribution in [0.5, 0.6) is 0 Å². The minimum Gasteiger partial charge on any atom is -0.330 e. The maximum Gasteiger partial charge on any atom is 0.177 e. The van der Waals surface area contributed by atoms with Crippen molar-refractivity contribution < 1.29 is 4.79 Å². The van der Waals surface area contributed by atoms with Gasteiger partial charge in [0.2, 0.25) is 0 Å². The number of aryl methyl sites for hydroxylation is 1. The van der Waals surface area contributed by atoms with E-state index in [9.17, 15) is 4.79 Å². The van der Waals surface area contributed by atoms with Crippen LogP contribution in [0.25, 0.3) is 0 Å².